The second-order valence-electron chi connectivity index (χ2n) is 6.94. The normalized spacial score (nSPS) is 16.8. The van der Waals surface area contributed by atoms with Crippen LogP contribution in [-0.2, 0) is 14.8 Å². The van der Waals surface area contributed by atoms with Gasteiger partial charge in [-0.05, 0) is 55.7 Å². The highest BCUT2D eigenvalue weighted by Crippen LogP contribution is 2.19. The monoisotopic (exact) mass is 419 g/mol. The number of carbonyl (C=O) groups is 2. The van der Waals surface area contributed by atoms with E-state index in [-0.39, 0.29) is 34.5 Å². The van der Waals surface area contributed by atoms with E-state index in [1.165, 1.54) is 37.3 Å². The number of hydrogen-bond donors (Lipinski definition) is 3. The molecule has 1 aliphatic heterocycles. The fourth-order valence-electron chi connectivity index (χ4n) is 3.03. The SMILES string of the molecule is Cc1ccc(S(=O)(=O)Nc2cccc(C(=O)NC[C@@H]3CCCNC3=O)c2)cc1F. The molecule has 1 fully saturated rings. The fraction of sp³-hybridized carbons (Fsp3) is 0.300. The third-order valence-electron chi connectivity index (χ3n) is 4.74. The Morgan fingerprint density at radius 3 is 2.76 bits per heavy atom. The van der Waals surface area contributed by atoms with Crippen molar-refractivity contribution >= 4 is 27.5 Å². The van der Waals surface area contributed by atoms with Gasteiger partial charge in [-0.15, -0.1) is 0 Å². The van der Waals surface area contributed by atoms with Crippen molar-refractivity contribution in [1.29, 1.82) is 0 Å². The van der Waals surface area contributed by atoms with Crippen LogP contribution in [0.4, 0.5) is 10.1 Å². The van der Waals surface area contributed by atoms with Crippen LogP contribution in [0, 0.1) is 18.7 Å². The van der Waals surface area contributed by atoms with Crippen molar-refractivity contribution in [1.82, 2.24) is 10.6 Å². The molecule has 1 heterocycles. The van der Waals surface area contributed by atoms with Crippen molar-refractivity contribution in [3.05, 3.63) is 59.4 Å². The summed E-state index contributed by atoms with van der Waals surface area (Å²) in [6.07, 6.45) is 1.57. The van der Waals surface area contributed by atoms with E-state index < -0.39 is 21.7 Å². The molecule has 2 amide bonds. The first-order chi connectivity index (χ1) is 13.8. The molecule has 29 heavy (non-hydrogen) atoms. The standard InChI is InChI=1S/C20H22FN3O4S/c1-13-7-8-17(11-18(13)21)29(27,28)24-16-6-2-4-14(10-16)19(25)23-12-15-5-3-9-22-20(15)26/h2,4,6-8,10-11,15,24H,3,5,9,12H2,1H3,(H,22,26)(H,23,25)/t15-/m0/s1. The molecule has 0 radical (unpaired) electrons. The van der Waals surface area contributed by atoms with Gasteiger partial charge in [0.1, 0.15) is 5.82 Å². The number of aryl methyl sites for hydroxylation is 1. The van der Waals surface area contributed by atoms with Crippen molar-refractivity contribution in [2.45, 2.75) is 24.7 Å². The number of hydrogen-bond acceptors (Lipinski definition) is 4. The molecule has 7 nitrogen and oxygen atoms in total. The van der Waals surface area contributed by atoms with E-state index in [1.54, 1.807) is 6.07 Å². The Bertz CT molecular complexity index is 1040. The summed E-state index contributed by atoms with van der Waals surface area (Å²) in [5.41, 5.74) is 0.764. The summed E-state index contributed by atoms with van der Waals surface area (Å²) in [5, 5.41) is 5.47. The van der Waals surface area contributed by atoms with Gasteiger partial charge < -0.3 is 10.6 Å². The third-order valence-corrected chi connectivity index (χ3v) is 6.12. The Labute approximate surface area is 168 Å². The van der Waals surface area contributed by atoms with E-state index in [4.69, 9.17) is 0 Å². The first-order valence-corrected chi connectivity index (χ1v) is 10.7. The van der Waals surface area contributed by atoms with Crippen LogP contribution in [0.2, 0.25) is 0 Å². The smallest absolute Gasteiger partial charge is 0.261 e. The van der Waals surface area contributed by atoms with Gasteiger partial charge in [0.15, 0.2) is 0 Å². The van der Waals surface area contributed by atoms with Gasteiger partial charge in [-0.1, -0.05) is 12.1 Å². The Kier molecular flexibility index (Phi) is 6.17. The molecular weight excluding hydrogens is 397 g/mol. The number of rotatable bonds is 6. The largest absolute Gasteiger partial charge is 0.356 e. The molecule has 0 aromatic heterocycles. The summed E-state index contributed by atoms with van der Waals surface area (Å²) < 4.78 is 41.0. The number of halogens is 1. The van der Waals surface area contributed by atoms with Gasteiger partial charge in [-0.2, -0.15) is 0 Å². The van der Waals surface area contributed by atoms with Crippen LogP contribution in [0.5, 0.6) is 0 Å². The van der Waals surface area contributed by atoms with E-state index in [0.717, 1.165) is 12.5 Å². The fourth-order valence-corrected chi connectivity index (χ4v) is 4.09. The number of nitrogens with one attached hydrogen (secondary N) is 3. The maximum absolute atomic E-state index is 13.7. The molecule has 1 saturated heterocycles. The van der Waals surface area contributed by atoms with E-state index in [1.807, 2.05) is 0 Å². The Morgan fingerprint density at radius 1 is 1.24 bits per heavy atom. The minimum Gasteiger partial charge on any atom is -0.356 e. The van der Waals surface area contributed by atoms with Crippen LogP contribution in [0.15, 0.2) is 47.4 Å². The van der Waals surface area contributed by atoms with Crippen molar-refractivity contribution in [3.8, 4) is 0 Å². The first kappa shape index (κ1) is 20.8. The molecule has 9 heteroatoms. The molecule has 2 aromatic carbocycles. The molecule has 0 unspecified atom stereocenters. The zero-order valence-electron chi connectivity index (χ0n) is 15.9. The van der Waals surface area contributed by atoms with Gasteiger partial charge in [0.25, 0.3) is 15.9 Å². The van der Waals surface area contributed by atoms with E-state index in [9.17, 15) is 22.4 Å². The average molecular weight is 419 g/mol. The summed E-state index contributed by atoms with van der Waals surface area (Å²) >= 11 is 0. The number of amides is 2. The lowest BCUT2D eigenvalue weighted by Gasteiger charge is -2.22. The maximum atomic E-state index is 13.7. The highest BCUT2D eigenvalue weighted by Gasteiger charge is 2.22. The van der Waals surface area contributed by atoms with Crippen LogP contribution in [0.1, 0.15) is 28.8 Å². The number of anilines is 1. The summed E-state index contributed by atoms with van der Waals surface area (Å²) in [7, 11) is -4.01. The summed E-state index contributed by atoms with van der Waals surface area (Å²) in [4.78, 5) is 24.0. The number of piperidine rings is 1. The quantitative estimate of drug-likeness (QED) is 0.668. The molecule has 1 atom stereocenters. The van der Waals surface area contributed by atoms with Crippen LogP contribution < -0.4 is 15.4 Å². The molecule has 0 saturated carbocycles. The topological polar surface area (TPSA) is 104 Å². The molecule has 1 aliphatic rings. The highest BCUT2D eigenvalue weighted by molar-refractivity contribution is 7.92. The van der Waals surface area contributed by atoms with Gasteiger partial charge >= 0.3 is 0 Å². The average Bonchev–Trinajstić information content (AvgIpc) is 2.69. The highest BCUT2D eigenvalue weighted by atomic mass is 32.2. The van der Waals surface area contributed by atoms with Crippen molar-refractivity contribution < 1.29 is 22.4 Å². The molecule has 0 bridgehead atoms. The molecule has 2 aromatic rings. The van der Waals surface area contributed by atoms with Gasteiger partial charge in [0.2, 0.25) is 5.91 Å². The Morgan fingerprint density at radius 2 is 2.03 bits per heavy atom. The van der Waals surface area contributed by atoms with Crippen molar-refractivity contribution in [2.75, 3.05) is 17.8 Å². The second kappa shape index (κ2) is 8.60. The minimum absolute atomic E-state index is 0.0802. The van der Waals surface area contributed by atoms with E-state index in [0.29, 0.717) is 18.5 Å². The summed E-state index contributed by atoms with van der Waals surface area (Å²) in [5.74, 6) is -1.38. The molecule has 3 rings (SSSR count). The lowest BCUT2D eigenvalue weighted by Crippen LogP contribution is -2.42. The van der Waals surface area contributed by atoms with Gasteiger partial charge in [0.05, 0.1) is 10.8 Å². The first-order valence-electron chi connectivity index (χ1n) is 9.21. The van der Waals surface area contributed by atoms with Gasteiger partial charge in [0, 0.05) is 24.3 Å². The Balaban J connectivity index is 1.69. The van der Waals surface area contributed by atoms with Crippen LogP contribution >= 0.6 is 0 Å². The number of carbonyl (C=O) groups excluding carboxylic acids is 2. The predicted octanol–water partition coefficient (Wildman–Crippen LogP) is 2.19. The molecule has 0 spiro atoms. The van der Waals surface area contributed by atoms with Crippen LogP contribution in [0.3, 0.4) is 0 Å². The third kappa shape index (κ3) is 5.11. The number of sulfonamides is 1. The summed E-state index contributed by atoms with van der Waals surface area (Å²) in [6, 6.07) is 9.60. The van der Waals surface area contributed by atoms with E-state index >= 15 is 0 Å². The van der Waals surface area contributed by atoms with Crippen LogP contribution in [0.25, 0.3) is 0 Å². The zero-order chi connectivity index (χ0) is 21.0. The maximum Gasteiger partial charge on any atom is 0.261 e. The lowest BCUT2D eigenvalue weighted by atomic mass is 9.98. The molecular formula is C20H22FN3O4S. The van der Waals surface area contributed by atoms with Crippen molar-refractivity contribution in [2.24, 2.45) is 5.92 Å². The van der Waals surface area contributed by atoms with Gasteiger partial charge in [-0.25, -0.2) is 12.8 Å². The lowest BCUT2D eigenvalue weighted by molar-refractivity contribution is -0.126. The number of benzene rings is 2. The molecule has 0 aliphatic carbocycles. The van der Waals surface area contributed by atoms with Crippen LogP contribution in [-0.4, -0.2) is 33.3 Å². The predicted molar refractivity (Wildman–Crippen MR) is 106 cm³/mol. The minimum atomic E-state index is -4.01. The second-order valence-corrected chi connectivity index (χ2v) is 8.62. The van der Waals surface area contributed by atoms with Crippen molar-refractivity contribution in [3.63, 3.8) is 0 Å². The zero-order valence-corrected chi connectivity index (χ0v) is 16.7. The summed E-state index contributed by atoms with van der Waals surface area (Å²) in [6.45, 7) is 2.40. The molecule has 154 valence electrons. The Hall–Kier alpha value is -2.94. The molecule has 3 N–H and O–H groups in total. The van der Waals surface area contributed by atoms with E-state index in [2.05, 4.69) is 15.4 Å². The van der Waals surface area contributed by atoms with Gasteiger partial charge in [-0.3, -0.25) is 14.3 Å².